The fraction of sp³-hybridized carbons (Fsp3) is 0.364. The van der Waals surface area contributed by atoms with Gasteiger partial charge in [0.25, 0.3) is 0 Å². The summed E-state index contributed by atoms with van der Waals surface area (Å²) in [5.74, 6) is 0.310. The highest BCUT2D eigenvalue weighted by Crippen LogP contribution is 2.24. The van der Waals surface area contributed by atoms with E-state index < -0.39 is 12.2 Å². The lowest BCUT2D eigenvalue weighted by atomic mass is 10.1. The van der Waals surface area contributed by atoms with Gasteiger partial charge in [0.15, 0.2) is 0 Å². The summed E-state index contributed by atoms with van der Waals surface area (Å²) < 4.78 is 0. The quantitative estimate of drug-likeness (QED) is 0.711. The fourth-order valence-corrected chi connectivity index (χ4v) is 1.89. The highest BCUT2D eigenvalue weighted by molar-refractivity contribution is 6.17. The SMILES string of the molecule is OC(CCCl)C(O)c1[nH]nc2ccccc12. The van der Waals surface area contributed by atoms with Crippen molar-refractivity contribution in [2.45, 2.75) is 18.6 Å². The summed E-state index contributed by atoms with van der Waals surface area (Å²) in [5.41, 5.74) is 1.31. The Morgan fingerprint density at radius 1 is 1.31 bits per heavy atom. The molecule has 4 nitrogen and oxygen atoms in total. The van der Waals surface area contributed by atoms with Crippen LogP contribution in [0.1, 0.15) is 18.2 Å². The van der Waals surface area contributed by atoms with Crippen LogP contribution in [0, 0.1) is 0 Å². The number of nitrogens with one attached hydrogen (secondary N) is 1. The molecule has 3 N–H and O–H groups in total. The molecule has 0 fully saturated rings. The van der Waals surface area contributed by atoms with Crippen molar-refractivity contribution in [1.29, 1.82) is 0 Å². The summed E-state index contributed by atoms with van der Waals surface area (Å²) in [4.78, 5) is 0. The number of aromatic amines is 1. The molecule has 2 aromatic rings. The lowest BCUT2D eigenvalue weighted by molar-refractivity contribution is 0.0152. The van der Waals surface area contributed by atoms with Crippen LogP contribution in [0.4, 0.5) is 0 Å². The first-order valence-electron chi connectivity index (χ1n) is 5.09. The number of aliphatic hydroxyl groups excluding tert-OH is 2. The van der Waals surface area contributed by atoms with Gasteiger partial charge in [0, 0.05) is 11.3 Å². The Kier molecular flexibility index (Phi) is 3.43. The summed E-state index contributed by atoms with van der Waals surface area (Å²) >= 11 is 5.52. The number of nitrogens with zero attached hydrogens (tertiary/aromatic N) is 1. The first-order valence-corrected chi connectivity index (χ1v) is 5.62. The molecule has 1 aromatic carbocycles. The molecule has 1 aromatic heterocycles. The van der Waals surface area contributed by atoms with E-state index in [1.54, 1.807) is 0 Å². The van der Waals surface area contributed by atoms with Crippen molar-refractivity contribution in [3.8, 4) is 0 Å². The minimum Gasteiger partial charge on any atom is -0.390 e. The number of aromatic nitrogens is 2. The highest BCUT2D eigenvalue weighted by atomic mass is 35.5. The molecule has 2 rings (SSSR count). The first kappa shape index (κ1) is 11.4. The van der Waals surface area contributed by atoms with Gasteiger partial charge in [-0.15, -0.1) is 11.6 Å². The van der Waals surface area contributed by atoms with E-state index in [1.165, 1.54) is 0 Å². The molecular formula is C11H13ClN2O2. The standard InChI is InChI=1S/C11H13ClN2O2/c12-6-5-9(15)11(16)10-7-3-1-2-4-8(7)13-14-10/h1-4,9,11,15-16H,5-6H2,(H,13,14). The molecule has 0 bridgehead atoms. The van der Waals surface area contributed by atoms with Gasteiger partial charge in [-0.3, -0.25) is 5.10 Å². The predicted octanol–water partition coefficient (Wildman–Crippen LogP) is 1.59. The van der Waals surface area contributed by atoms with E-state index in [2.05, 4.69) is 10.2 Å². The minimum atomic E-state index is -0.980. The Hall–Kier alpha value is -1.10. The van der Waals surface area contributed by atoms with Gasteiger partial charge in [-0.1, -0.05) is 18.2 Å². The van der Waals surface area contributed by atoms with Gasteiger partial charge in [0.1, 0.15) is 6.10 Å². The molecule has 5 heteroatoms. The zero-order chi connectivity index (χ0) is 11.5. The molecule has 1 heterocycles. The Morgan fingerprint density at radius 3 is 2.81 bits per heavy atom. The van der Waals surface area contributed by atoms with Gasteiger partial charge in [-0.25, -0.2) is 0 Å². The molecule has 16 heavy (non-hydrogen) atoms. The van der Waals surface area contributed by atoms with Gasteiger partial charge in [0.05, 0.1) is 17.3 Å². The van der Waals surface area contributed by atoms with E-state index in [1.807, 2.05) is 24.3 Å². The largest absolute Gasteiger partial charge is 0.390 e. The van der Waals surface area contributed by atoms with E-state index in [4.69, 9.17) is 11.6 Å². The maximum absolute atomic E-state index is 9.93. The van der Waals surface area contributed by atoms with Crippen molar-refractivity contribution in [2.24, 2.45) is 0 Å². The summed E-state index contributed by atoms with van der Waals surface area (Å²) in [7, 11) is 0. The molecule has 0 saturated heterocycles. The summed E-state index contributed by atoms with van der Waals surface area (Å²) in [5, 5.41) is 27.2. The molecule has 0 amide bonds. The van der Waals surface area contributed by atoms with Crippen LogP contribution in [0.25, 0.3) is 10.9 Å². The van der Waals surface area contributed by atoms with E-state index in [0.29, 0.717) is 18.0 Å². The monoisotopic (exact) mass is 240 g/mol. The number of para-hydroxylation sites is 1. The highest BCUT2D eigenvalue weighted by Gasteiger charge is 2.21. The molecule has 2 atom stereocenters. The maximum Gasteiger partial charge on any atom is 0.122 e. The Balaban J connectivity index is 2.32. The normalized spacial score (nSPS) is 15.2. The molecular weight excluding hydrogens is 228 g/mol. The van der Waals surface area contributed by atoms with Crippen LogP contribution in [0.3, 0.4) is 0 Å². The summed E-state index contributed by atoms with van der Waals surface area (Å²) in [6, 6.07) is 7.43. The van der Waals surface area contributed by atoms with Gasteiger partial charge in [-0.2, -0.15) is 5.10 Å². The number of aliphatic hydroxyl groups is 2. The van der Waals surface area contributed by atoms with E-state index in [-0.39, 0.29) is 0 Å². The maximum atomic E-state index is 9.93. The minimum absolute atomic E-state index is 0.310. The van der Waals surface area contributed by atoms with E-state index in [9.17, 15) is 10.2 Å². The van der Waals surface area contributed by atoms with Crippen molar-refractivity contribution in [3.05, 3.63) is 30.0 Å². The molecule has 0 aliphatic carbocycles. The smallest absolute Gasteiger partial charge is 0.122 e. The Morgan fingerprint density at radius 2 is 2.06 bits per heavy atom. The number of H-pyrrole nitrogens is 1. The van der Waals surface area contributed by atoms with E-state index >= 15 is 0 Å². The zero-order valence-corrected chi connectivity index (χ0v) is 9.35. The second-order valence-corrected chi connectivity index (χ2v) is 4.02. The average molecular weight is 241 g/mol. The number of hydrogen-bond donors (Lipinski definition) is 3. The lowest BCUT2D eigenvalue weighted by Crippen LogP contribution is -2.19. The van der Waals surface area contributed by atoms with Gasteiger partial charge < -0.3 is 10.2 Å². The third kappa shape index (κ3) is 2.04. The van der Waals surface area contributed by atoms with Crippen LogP contribution in [0.15, 0.2) is 24.3 Å². The van der Waals surface area contributed by atoms with E-state index in [0.717, 1.165) is 10.9 Å². The lowest BCUT2D eigenvalue weighted by Gasteiger charge is -2.15. The second kappa shape index (κ2) is 4.82. The van der Waals surface area contributed by atoms with Crippen LogP contribution >= 0.6 is 11.6 Å². The molecule has 86 valence electrons. The number of alkyl halides is 1. The average Bonchev–Trinajstić information content (AvgIpc) is 2.72. The number of rotatable bonds is 4. The molecule has 0 spiro atoms. The molecule has 0 aliphatic heterocycles. The topological polar surface area (TPSA) is 69.1 Å². The number of hydrogen-bond acceptors (Lipinski definition) is 3. The molecule has 2 unspecified atom stereocenters. The van der Waals surface area contributed by atoms with Crippen molar-refractivity contribution >= 4 is 22.5 Å². The Bertz CT molecular complexity index is 472. The second-order valence-electron chi connectivity index (χ2n) is 3.64. The number of fused-ring (bicyclic) bond motifs is 1. The van der Waals surface area contributed by atoms with Crippen molar-refractivity contribution in [3.63, 3.8) is 0 Å². The molecule has 0 saturated carbocycles. The van der Waals surface area contributed by atoms with Gasteiger partial charge in [-0.05, 0) is 12.5 Å². The fourth-order valence-electron chi connectivity index (χ4n) is 1.67. The summed E-state index contributed by atoms with van der Waals surface area (Å²) in [6.45, 7) is 0. The zero-order valence-electron chi connectivity index (χ0n) is 8.60. The molecule has 0 radical (unpaired) electrons. The third-order valence-electron chi connectivity index (χ3n) is 2.56. The van der Waals surface area contributed by atoms with Crippen LogP contribution in [0.5, 0.6) is 0 Å². The van der Waals surface area contributed by atoms with Crippen molar-refractivity contribution in [2.75, 3.05) is 5.88 Å². The van der Waals surface area contributed by atoms with Crippen LogP contribution in [0.2, 0.25) is 0 Å². The molecule has 0 aliphatic rings. The number of halogens is 1. The predicted molar refractivity (Wildman–Crippen MR) is 62.4 cm³/mol. The number of benzene rings is 1. The van der Waals surface area contributed by atoms with Gasteiger partial charge >= 0.3 is 0 Å². The van der Waals surface area contributed by atoms with Crippen LogP contribution < -0.4 is 0 Å². The third-order valence-corrected chi connectivity index (χ3v) is 2.77. The first-order chi connectivity index (χ1) is 7.74. The van der Waals surface area contributed by atoms with Gasteiger partial charge in [0.2, 0.25) is 0 Å². The Labute approximate surface area is 97.9 Å². The van der Waals surface area contributed by atoms with Crippen molar-refractivity contribution < 1.29 is 10.2 Å². The summed E-state index contributed by atoms with van der Waals surface area (Å²) in [6.07, 6.45) is -1.51. The van der Waals surface area contributed by atoms with Crippen LogP contribution in [-0.2, 0) is 0 Å². The van der Waals surface area contributed by atoms with Crippen LogP contribution in [-0.4, -0.2) is 32.4 Å². The van der Waals surface area contributed by atoms with Crippen molar-refractivity contribution in [1.82, 2.24) is 10.2 Å².